The summed E-state index contributed by atoms with van der Waals surface area (Å²) in [6.07, 6.45) is 6.69. The first-order chi connectivity index (χ1) is 5.48. The minimum Gasteiger partial charge on any atom is -0.0997 e. The van der Waals surface area contributed by atoms with Crippen LogP contribution < -0.4 is 0 Å². The third-order valence-corrected chi connectivity index (χ3v) is 3.10. The van der Waals surface area contributed by atoms with Crippen LogP contribution in [0.2, 0.25) is 5.04 Å². The molecule has 0 spiro atoms. The molecule has 72 valence electrons. The second-order valence-corrected chi connectivity index (χ2v) is 7.16. The highest BCUT2D eigenvalue weighted by Gasteiger charge is 2.13. The van der Waals surface area contributed by atoms with Crippen LogP contribution in [0, 0.1) is 0 Å². The first kappa shape index (κ1) is 12.0. The van der Waals surface area contributed by atoms with Gasteiger partial charge in [0.05, 0.1) is 0 Å². The average Bonchev–Trinajstić information content (AvgIpc) is 1.96. The van der Waals surface area contributed by atoms with Gasteiger partial charge in [-0.1, -0.05) is 52.2 Å². The summed E-state index contributed by atoms with van der Waals surface area (Å²) in [4.78, 5) is 0. The Morgan fingerprint density at radius 3 is 2.25 bits per heavy atom. The summed E-state index contributed by atoms with van der Waals surface area (Å²) < 4.78 is 0. The minimum atomic E-state index is 0.451. The van der Waals surface area contributed by atoms with Crippen molar-refractivity contribution in [2.45, 2.75) is 57.9 Å². The summed E-state index contributed by atoms with van der Waals surface area (Å²) >= 11 is 0. The fourth-order valence-corrected chi connectivity index (χ4v) is 1.39. The summed E-state index contributed by atoms with van der Waals surface area (Å²) in [5.74, 6) is 0. The van der Waals surface area contributed by atoms with E-state index in [-0.39, 0.29) is 0 Å². The van der Waals surface area contributed by atoms with Crippen molar-refractivity contribution < 1.29 is 0 Å². The van der Waals surface area contributed by atoms with Crippen LogP contribution in [0.4, 0.5) is 0 Å². The summed E-state index contributed by atoms with van der Waals surface area (Å²) in [6, 6.07) is 0. The Kier molecular flexibility index (Phi) is 5.56. The van der Waals surface area contributed by atoms with E-state index in [0.717, 1.165) is 0 Å². The lowest BCUT2D eigenvalue weighted by molar-refractivity contribution is 0.634. The monoisotopic (exact) mass is 184 g/mol. The van der Waals surface area contributed by atoms with E-state index in [2.05, 4.69) is 27.4 Å². The number of allylic oxidation sites excluding steroid dienone is 1. The summed E-state index contributed by atoms with van der Waals surface area (Å²) in [5.41, 5.74) is 1.46. The molecule has 0 nitrogen and oxygen atoms in total. The van der Waals surface area contributed by atoms with E-state index >= 15 is 0 Å². The number of unbranched alkanes of at least 4 members (excludes halogenated alkanes) is 3. The van der Waals surface area contributed by atoms with Crippen LogP contribution in [0.5, 0.6) is 0 Å². The van der Waals surface area contributed by atoms with Gasteiger partial charge in [0.25, 0.3) is 0 Å². The summed E-state index contributed by atoms with van der Waals surface area (Å²) in [5, 5.41) is 0.451. The van der Waals surface area contributed by atoms with Gasteiger partial charge in [-0.2, -0.15) is 0 Å². The second-order valence-electron chi connectivity index (χ2n) is 4.66. The molecule has 0 saturated carbocycles. The Morgan fingerprint density at radius 1 is 1.25 bits per heavy atom. The molecule has 0 aromatic rings. The van der Waals surface area contributed by atoms with E-state index in [1.165, 1.54) is 47.9 Å². The molecule has 0 N–H and O–H groups in total. The molecule has 12 heavy (non-hydrogen) atoms. The van der Waals surface area contributed by atoms with Gasteiger partial charge < -0.3 is 0 Å². The molecule has 0 atom stereocenters. The van der Waals surface area contributed by atoms with Gasteiger partial charge in [0, 0.05) is 10.2 Å². The topological polar surface area (TPSA) is 0 Å². The highest BCUT2D eigenvalue weighted by atomic mass is 28.1. The predicted molar refractivity (Wildman–Crippen MR) is 61.9 cm³/mol. The molecule has 0 aromatic carbocycles. The zero-order chi connectivity index (χ0) is 9.61. The minimum absolute atomic E-state index is 0.451. The molecule has 0 aliphatic rings. The Morgan fingerprint density at radius 2 is 1.83 bits per heavy atom. The molecule has 0 heterocycles. The number of hydrogen-bond donors (Lipinski definition) is 0. The van der Waals surface area contributed by atoms with Crippen molar-refractivity contribution >= 4 is 10.2 Å². The third kappa shape index (κ3) is 5.59. The van der Waals surface area contributed by atoms with Gasteiger partial charge in [0.1, 0.15) is 0 Å². The lowest BCUT2D eigenvalue weighted by atomic mass is 9.97. The number of hydrogen-bond acceptors (Lipinski definition) is 0. The van der Waals surface area contributed by atoms with Crippen LogP contribution in [0.3, 0.4) is 0 Å². The lowest BCUT2D eigenvalue weighted by Crippen LogP contribution is -2.05. The maximum Gasteiger partial charge on any atom is 0.0150 e. The van der Waals surface area contributed by atoms with Crippen molar-refractivity contribution in [2.75, 3.05) is 0 Å². The molecule has 0 aliphatic carbocycles. The Balaban J connectivity index is 3.45. The van der Waals surface area contributed by atoms with Crippen molar-refractivity contribution in [3.8, 4) is 0 Å². The molecule has 0 aliphatic heterocycles. The van der Waals surface area contributed by atoms with Crippen molar-refractivity contribution in [3.63, 3.8) is 0 Å². The highest BCUT2D eigenvalue weighted by Crippen LogP contribution is 2.31. The zero-order valence-corrected chi connectivity index (χ0v) is 11.2. The van der Waals surface area contributed by atoms with Gasteiger partial charge in [-0.25, -0.2) is 0 Å². The van der Waals surface area contributed by atoms with Crippen LogP contribution in [0.1, 0.15) is 52.9 Å². The van der Waals surface area contributed by atoms with E-state index in [1.54, 1.807) is 0 Å². The van der Waals surface area contributed by atoms with Crippen LogP contribution in [0.15, 0.2) is 12.2 Å². The maximum absolute atomic E-state index is 4.16. The molecular formula is C11H24Si. The van der Waals surface area contributed by atoms with Gasteiger partial charge in [0.15, 0.2) is 0 Å². The second kappa shape index (κ2) is 5.58. The third-order valence-electron chi connectivity index (χ3n) is 2.39. The number of rotatable bonds is 6. The molecule has 0 radical (unpaired) electrons. The predicted octanol–water partition coefficient (Wildman–Crippen LogP) is 3.08. The molecule has 1 heteroatoms. The lowest BCUT2D eigenvalue weighted by Gasteiger charge is -2.21. The zero-order valence-electron chi connectivity index (χ0n) is 9.24. The molecular weight excluding hydrogens is 160 g/mol. The first-order valence-electron chi connectivity index (χ1n) is 5.16. The Labute approximate surface area is 80.9 Å². The molecule has 0 amide bonds. The fourth-order valence-electron chi connectivity index (χ4n) is 1.14. The summed E-state index contributed by atoms with van der Waals surface area (Å²) in [7, 11) is 1.23. The largest absolute Gasteiger partial charge is 0.0997 e. The molecule has 0 aromatic heterocycles. The Hall–Kier alpha value is -0.0431. The maximum atomic E-state index is 4.16. The van der Waals surface area contributed by atoms with E-state index in [4.69, 9.17) is 0 Å². The van der Waals surface area contributed by atoms with Gasteiger partial charge in [-0.3, -0.25) is 0 Å². The first-order valence-corrected chi connectivity index (χ1v) is 6.16. The molecule has 0 saturated heterocycles. The van der Waals surface area contributed by atoms with E-state index in [0.29, 0.717) is 5.04 Å². The van der Waals surface area contributed by atoms with Crippen LogP contribution in [0.25, 0.3) is 0 Å². The van der Waals surface area contributed by atoms with Crippen LogP contribution in [-0.2, 0) is 0 Å². The SMILES string of the molecule is C=C(CCCCCC)C(C)(C)[SiH3]. The molecule has 0 unspecified atom stereocenters. The molecule has 0 bridgehead atoms. The van der Waals surface area contributed by atoms with E-state index in [1.807, 2.05) is 0 Å². The van der Waals surface area contributed by atoms with Crippen molar-refractivity contribution in [1.29, 1.82) is 0 Å². The van der Waals surface area contributed by atoms with Crippen molar-refractivity contribution in [1.82, 2.24) is 0 Å². The van der Waals surface area contributed by atoms with Gasteiger partial charge in [-0.05, 0) is 17.9 Å². The standard InChI is InChI=1S/C11H24Si/c1-5-6-7-8-9-10(2)11(3,4)12/h2,5-9H2,1,3-4,12H3. The van der Waals surface area contributed by atoms with Gasteiger partial charge >= 0.3 is 0 Å². The van der Waals surface area contributed by atoms with Crippen molar-refractivity contribution in [2.24, 2.45) is 0 Å². The van der Waals surface area contributed by atoms with Crippen LogP contribution in [-0.4, -0.2) is 10.2 Å². The van der Waals surface area contributed by atoms with Gasteiger partial charge in [0.2, 0.25) is 0 Å². The van der Waals surface area contributed by atoms with E-state index < -0.39 is 0 Å². The average molecular weight is 184 g/mol. The quantitative estimate of drug-likeness (QED) is 0.338. The summed E-state index contributed by atoms with van der Waals surface area (Å²) in [6.45, 7) is 11.0. The fraction of sp³-hybridized carbons (Fsp3) is 0.818. The molecule has 0 fully saturated rings. The van der Waals surface area contributed by atoms with Crippen molar-refractivity contribution in [3.05, 3.63) is 12.2 Å². The van der Waals surface area contributed by atoms with E-state index in [9.17, 15) is 0 Å². The highest BCUT2D eigenvalue weighted by molar-refractivity contribution is 6.16. The Bertz CT molecular complexity index is 130. The normalized spacial score (nSPS) is 11.9. The van der Waals surface area contributed by atoms with Gasteiger partial charge in [-0.15, -0.1) is 0 Å². The van der Waals surface area contributed by atoms with Crippen LogP contribution >= 0.6 is 0 Å². The smallest absolute Gasteiger partial charge is 0.0150 e. The molecule has 0 rings (SSSR count).